The van der Waals surface area contributed by atoms with Crippen LogP contribution in [0, 0.1) is 0 Å². The number of hydrogen-bond donors (Lipinski definition) is 1. The summed E-state index contributed by atoms with van der Waals surface area (Å²) in [5.41, 5.74) is 2.33. The number of thiophene rings is 1. The number of nitrogens with zero attached hydrogens (tertiary/aromatic N) is 1. The molecular formula is C23H29NO3S2. The lowest BCUT2D eigenvalue weighted by atomic mass is 10.1. The van der Waals surface area contributed by atoms with E-state index in [1.807, 2.05) is 11.0 Å². The molecule has 0 aliphatic carbocycles. The molecule has 29 heavy (non-hydrogen) atoms. The molecule has 3 rings (SSSR count). The first-order chi connectivity index (χ1) is 14.1. The first kappa shape index (κ1) is 21.9. The van der Waals surface area contributed by atoms with Gasteiger partial charge in [-0.05, 0) is 61.9 Å². The van der Waals surface area contributed by atoms with Gasteiger partial charge in [-0.1, -0.05) is 38.3 Å². The van der Waals surface area contributed by atoms with E-state index in [2.05, 4.69) is 31.2 Å². The molecule has 1 aliphatic heterocycles. The van der Waals surface area contributed by atoms with Crippen molar-refractivity contribution in [1.82, 2.24) is 0 Å². The molecule has 0 spiro atoms. The van der Waals surface area contributed by atoms with Gasteiger partial charge in [0.05, 0.1) is 11.1 Å². The van der Waals surface area contributed by atoms with Crippen molar-refractivity contribution in [2.45, 2.75) is 63.7 Å². The molecule has 4 nitrogen and oxygen atoms in total. The van der Waals surface area contributed by atoms with Gasteiger partial charge in [0.15, 0.2) is 0 Å². The molecule has 0 radical (unpaired) electrons. The molecule has 0 bridgehead atoms. The normalized spacial score (nSPS) is 16.5. The number of benzene rings is 1. The Morgan fingerprint density at radius 1 is 1.07 bits per heavy atom. The molecule has 1 aliphatic rings. The fourth-order valence-corrected chi connectivity index (χ4v) is 5.74. The van der Waals surface area contributed by atoms with Gasteiger partial charge in [0.1, 0.15) is 4.88 Å². The lowest BCUT2D eigenvalue weighted by molar-refractivity contribution is -0.115. The highest BCUT2D eigenvalue weighted by molar-refractivity contribution is 8.01. The molecule has 1 fully saturated rings. The molecule has 2 heterocycles. The van der Waals surface area contributed by atoms with E-state index in [-0.39, 0.29) is 11.3 Å². The van der Waals surface area contributed by atoms with Gasteiger partial charge < -0.3 is 5.11 Å². The van der Waals surface area contributed by atoms with Gasteiger partial charge >= 0.3 is 5.97 Å². The van der Waals surface area contributed by atoms with Crippen molar-refractivity contribution in [2.75, 3.05) is 10.7 Å². The van der Waals surface area contributed by atoms with Crippen LogP contribution < -0.4 is 4.90 Å². The van der Waals surface area contributed by atoms with E-state index in [1.165, 1.54) is 42.6 Å². The Kier molecular flexibility index (Phi) is 8.19. The minimum Gasteiger partial charge on any atom is -0.477 e. The molecule has 0 saturated carbocycles. The van der Waals surface area contributed by atoms with Gasteiger partial charge in [-0.3, -0.25) is 9.69 Å². The summed E-state index contributed by atoms with van der Waals surface area (Å²) in [6.07, 6.45) is 8.86. The third-order valence-electron chi connectivity index (χ3n) is 5.24. The summed E-state index contributed by atoms with van der Waals surface area (Å²) in [5.74, 6) is -0.149. The molecule has 156 valence electrons. The fourth-order valence-electron chi connectivity index (χ4n) is 3.65. The first-order valence-electron chi connectivity index (χ1n) is 10.4. The van der Waals surface area contributed by atoms with Crippen molar-refractivity contribution >= 4 is 40.7 Å². The van der Waals surface area contributed by atoms with Gasteiger partial charge in [-0.25, -0.2) is 4.79 Å². The standard InChI is InChI=1S/C23H29NO3S2/c1-2-3-4-5-7-17-10-12-18(13-11-17)24-21(25)16-28-22(24)9-6-8-19-14-15-20(29-19)23(26)27/h10-15,22H,2-9,16H2,1H3,(H,26,27). The van der Waals surface area contributed by atoms with Crippen molar-refractivity contribution in [3.63, 3.8) is 0 Å². The van der Waals surface area contributed by atoms with Gasteiger partial charge in [-0.15, -0.1) is 23.1 Å². The topological polar surface area (TPSA) is 57.6 Å². The van der Waals surface area contributed by atoms with Gasteiger partial charge in [0.2, 0.25) is 5.91 Å². The number of rotatable bonds is 11. The van der Waals surface area contributed by atoms with E-state index >= 15 is 0 Å². The number of carbonyl (C=O) groups excluding carboxylic acids is 1. The van der Waals surface area contributed by atoms with Crippen molar-refractivity contribution in [2.24, 2.45) is 0 Å². The summed E-state index contributed by atoms with van der Waals surface area (Å²) in [6.45, 7) is 2.23. The monoisotopic (exact) mass is 431 g/mol. The first-order valence-corrected chi connectivity index (χ1v) is 12.3. The summed E-state index contributed by atoms with van der Waals surface area (Å²) in [4.78, 5) is 26.9. The smallest absolute Gasteiger partial charge is 0.345 e. The number of carbonyl (C=O) groups is 2. The molecule has 1 aromatic carbocycles. The van der Waals surface area contributed by atoms with Gasteiger partial charge in [-0.2, -0.15) is 0 Å². The Balaban J connectivity index is 1.53. The van der Waals surface area contributed by atoms with Crippen LogP contribution in [-0.4, -0.2) is 28.1 Å². The van der Waals surface area contributed by atoms with Crippen LogP contribution >= 0.6 is 23.1 Å². The molecule has 1 N–H and O–H groups in total. The Bertz CT molecular complexity index is 816. The van der Waals surface area contributed by atoms with Crippen LogP contribution in [0.15, 0.2) is 36.4 Å². The van der Waals surface area contributed by atoms with Crippen LogP contribution in [-0.2, 0) is 17.6 Å². The van der Waals surface area contributed by atoms with Crippen LogP contribution in [0.2, 0.25) is 0 Å². The third kappa shape index (κ3) is 6.09. The summed E-state index contributed by atoms with van der Waals surface area (Å²) >= 11 is 3.05. The van der Waals surface area contributed by atoms with E-state index in [0.29, 0.717) is 10.6 Å². The van der Waals surface area contributed by atoms with Crippen molar-refractivity contribution in [1.29, 1.82) is 0 Å². The minimum atomic E-state index is -0.863. The lowest BCUT2D eigenvalue weighted by Gasteiger charge is -2.24. The maximum atomic E-state index is 12.5. The summed E-state index contributed by atoms with van der Waals surface area (Å²) in [5, 5.41) is 9.20. The zero-order valence-electron chi connectivity index (χ0n) is 16.9. The van der Waals surface area contributed by atoms with E-state index in [4.69, 9.17) is 5.11 Å². The number of hydrogen-bond acceptors (Lipinski definition) is 4. The van der Waals surface area contributed by atoms with Crippen LogP contribution in [0.3, 0.4) is 0 Å². The Morgan fingerprint density at radius 2 is 1.86 bits per heavy atom. The quantitative estimate of drug-likeness (QED) is 0.444. The third-order valence-corrected chi connectivity index (χ3v) is 7.61. The van der Waals surface area contributed by atoms with E-state index in [9.17, 15) is 9.59 Å². The number of thioether (sulfide) groups is 1. The maximum absolute atomic E-state index is 12.5. The largest absolute Gasteiger partial charge is 0.477 e. The number of aryl methyl sites for hydroxylation is 2. The second kappa shape index (κ2) is 10.8. The maximum Gasteiger partial charge on any atom is 0.345 e. The van der Waals surface area contributed by atoms with Gasteiger partial charge in [0, 0.05) is 10.6 Å². The number of carboxylic acids is 1. The summed E-state index contributed by atoms with van der Waals surface area (Å²) < 4.78 is 0. The predicted molar refractivity (Wildman–Crippen MR) is 122 cm³/mol. The van der Waals surface area contributed by atoms with Crippen LogP contribution in [0.1, 0.15) is 65.6 Å². The van der Waals surface area contributed by atoms with Crippen molar-refractivity contribution in [3.8, 4) is 0 Å². The van der Waals surface area contributed by atoms with E-state index in [1.54, 1.807) is 17.8 Å². The number of aromatic carboxylic acids is 1. The number of carboxylic acid groups (broad SMARTS) is 1. The zero-order chi connectivity index (χ0) is 20.6. The zero-order valence-corrected chi connectivity index (χ0v) is 18.6. The molecule has 2 aromatic rings. The summed E-state index contributed by atoms with van der Waals surface area (Å²) in [7, 11) is 0. The molecule has 1 saturated heterocycles. The SMILES string of the molecule is CCCCCCc1ccc(N2C(=O)CSC2CCCc2ccc(C(=O)O)s2)cc1. The van der Waals surface area contributed by atoms with Crippen LogP contribution in [0.25, 0.3) is 0 Å². The number of unbranched alkanes of at least 4 members (excludes halogenated alkanes) is 3. The molecular weight excluding hydrogens is 402 g/mol. The van der Waals surface area contributed by atoms with Crippen LogP contribution in [0.5, 0.6) is 0 Å². The van der Waals surface area contributed by atoms with Gasteiger partial charge in [0.25, 0.3) is 0 Å². The van der Waals surface area contributed by atoms with Crippen molar-refractivity contribution < 1.29 is 14.7 Å². The Hall–Kier alpha value is -1.79. The predicted octanol–water partition coefficient (Wildman–Crippen LogP) is 6.00. The van der Waals surface area contributed by atoms with E-state index < -0.39 is 5.97 Å². The molecule has 1 aromatic heterocycles. The number of anilines is 1. The molecule has 1 amide bonds. The number of amides is 1. The average molecular weight is 432 g/mol. The lowest BCUT2D eigenvalue weighted by Crippen LogP contribution is -2.32. The second-order valence-corrected chi connectivity index (χ2v) is 9.80. The van der Waals surface area contributed by atoms with Crippen molar-refractivity contribution in [3.05, 3.63) is 51.7 Å². The summed E-state index contributed by atoms with van der Waals surface area (Å²) in [6, 6.07) is 12.1. The highest BCUT2D eigenvalue weighted by atomic mass is 32.2. The van der Waals surface area contributed by atoms with Crippen LogP contribution in [0.4, 0.5) is 5.69 Å². The molecule has 1 unspecified atom stereocenters. The minimum absolute atomic E-state index is 0.164. The highest BCUT2D eigenvalue weighted by Gasteiger charge is 2.32. The Labute approximate surface area is 181 Å². The van der Waals surface area contributed by atoms with E-state index in [0.717, 1.165) is 36.2 Å². The molecule has 6 heteroatoms. The fraction of sp³-hybridized carbons (Fsp3) is 0.478. The Morgan fingerprint density at radius 3 is 2.55 bits per heavy atom. The molecule has 1 atom stereocenters. The second-order valence-electron chi connectivity index (χ2n) is 7.47. The average Bonchev–Trinajstić information content (AvgIpc) is 3.33. The highest BCUT2D eigenvalue weighted by Crippen LogP contribution is 2.34.